The Morgan fingerprint density at radius 3 is 2.94 bits per heavy atom. The van der Waals surface area contributed by atoms with Gasteiger partial charge in [0.1, 0.15) is 12.8 Å². The molecule has 0 radical (unpaired) electrons. The molecule has 2 aromatic rings. The first kappa shape index (κ1) is 11.5. The van der Waals surface area contributed by atoms with Crippen LogP contribution in [0.4, 0.5) is 5.69 Å². The highest BCUT2D eigenvalue weighted by Crippen LogP contribution is 2.14. The van der Waals surface area contributed by atoms with Crippen LogP contribution >= 0.6 is 15.9 Å². The lowest BCUT2D eigenvalue weighted by atomic mass is 10.4. The van der Waals surface area contributed by atoms with Crippen LogP contribution in [-0.2, 0) is 6.54 Å². The molecule has 0 aliphatic rings. The topological polar surface area (TPSA) is 91.2 Å². The van der Waals surface area contributed by atoms with Crippen molar-refractivity contribution < 1.29 is 9.34 Å². The van der Waals surface area contributed by atoms with Crippen molar-refractivity contribution in [2.75, 3.05) is 0 Å². The summed E-state index contributed by atoms with van der Waals surface area (Å²) in [5.74, 6) is 0.305. The van der Waals surface area contributed by atoms with Gasteiger partial charge in [0.05, 0.1) is 11.1 Å². The Morgan fingerprint density at radius 1 is 1.59 bits per heavy atom. The molecular formula is C9H6BrN3O4. The fourth-order valence-corrected chi connectivity index (χ4v) is 1.77. The third-order valence-corrected chi connectivity index (χ3v) is 2.45. The summed E-state index contributed by atoms with van der Waals surface area (Å²) in [6.07, 6.45) is 4.25. The quantitative estimate of drug-likeness (QED) is 0.633. The number of nitro groups is 1. The highest BCUT2D eigenvalue weighted by Gasteiger charge is 2.16. The third-order valence-electron chi connectivity index (χ3n) is 2.02. The van der Waals surface area contributed by atoms with Gasteiger partial charge in [-0.25, -0.2) is 4.98 Å². The van der Waals surface area contributed by atoms with E-state index in [9.17, 15) is 14.9 Å². The molecule has 2 heterocycles. The van der Waals surface area contributed by atoms with Gasteiger partial charge in [-0.05, 0) is 15.9 Å². The molecule has 8 heteroatoms. The fourth-order valence-electron chi connectivity index (χ4n) is 1.31. The van der Waals surface area contributed by atoms with Crippen LogP contribution in [0.3, 0.4) is 0 Å². The summed E-state index contributed by atoms with van der Waals surface area (Å²) in [6, 6.07) is 1.16. The molecule has 0 aliphatic carbocycles. The van der Waals surface area contributed by atoms with E-state index in [2.05, 4.69) is 20.9 Å². The predicted molar refractivity (Wildman–Crippen MR) is 60.7 cm³/mol. The van der Waals surface area contributed by atoms with Crippen molar-refractivity contribution in [3.05, 3.63) is 55.6 Å². The lowest BCUT2D eigenvalue weighted by molar-refractivity contribution is -0.386. The molecule has 0 atom stereocenters. The fraction of sp³-hybridized carbons (Fsp3) is 0.111. The first-order valence-corrected chi connectivity index (χ1v) is 5.30. The molecule has 17 heavy (non-hydrogen) atoms. The van der Waals surface area contributed by atoms with Crippen molar-refractivity contribution in [1.29, 1.82) is 0 Å². The Balaban J connectivity index is 2.47. The minimum atomic E-state index is -0.723. The van der Waals surface area contributed by atoms with Crippen LogP contribution in [0.5, 0.6) is 0 Å². The van der Waals surface area contributed by atoms with Crippen LogP contribution in [0.2, 0.25) is 0 Å². The lowest BCUT2D eigenvalue weighted by Crippen LogP contribution is -2.22. The van der Waals surface area contributed by atoms with Gasteiger partial charge in [0.2, 0.25) is 5.89 Å². The molecule has 0 saturated carbocycles. The number of aromatic nitrogens is 2. The Labute approximate surface area is 103 Å². The molecule has 88 valence electrons. The van der Waals surface area contributed by atoms with Gasteiger partial charge >= 0.3 is 11.2 Å². The Hall–Kier alpha value is -1.96. The Morgan fingerprint density at radius 2 is 2.35 bits per heavy atom. The first-order chi connectivity index (χ1) is 8.08. The molecular weight excluding hydrogens is 294 g/mol. The number of nitrogens with zero attached hydrogens (tertiary/aromatic N) is 3. The maximum atomic E-state index is 11.7. The molecule has 0 aliphatic heterocycles. The molecule has 0 saturated heterocycles. The van der Waals surface area contributed by atoms with Gasteiger partial charge in [0.15, 0.2) is 0 Å². The summed E-state index contributed by atoms with van der Waals surface area (Å²) in [5.41, 5.74) is -1.19. The van der Waals surface area contributed by atoms with Crippen LogP contribution in [0.15, 0.2) is 38.4 Å². The lowest BCUT2D eigenvalue weighted by Gasteiger charge is -2.03. The van der Waals surface area contributed by atoms with Gasteiger partial charge in [-0.15, -0.1) is 0 Å². The SMILES string of the molecule is O=c1c([N+](=O)[O-])cc(Br)cn1Cc1ncco1. The van der Waals surface area contributed by atoms with E-state index in [1.807, 2.05) is 0 Å². The molecule has 0 fully saturated rings. The summed E-state index contributed by atoms with van der Waals surface area (Å²) in [5, 5.41) is 10.7. The van der Waals surface area contributed by atoms with E-state index >= 15 is 0 Å². The van der Waals surface area contributed by atoms with Gasteiger partial charge in [-0.1, -0.05) is 0 Å². The Kier molecular flexibility index (Phi) is 3.05. The highest BCUT2D eigenvalue weighted by atomic mass is 79.9. The van der Waals surface area contributed by atoms with Crippen molar-refractivity contribution in [3.8, 4) is 0 Å². The summed E-state index contributed by atoms with van der Waals surface area (Å²) >= 11 is 3.10. The number of hydrogen-bond donors (Lipinski definition) is 0. The van der Waals surface area contributed by atoms with Gasteiger partial charge in [0.25, 0.3) is 0 Å². The summed E-state index contributed by atoms with van der Waals surface area (Å²) in [4.78, 5) is 25.5. The second kappa shape index (κ2) is 4.50. The van der Waals surface area contributed by atoms with Crippen LogP contribution in [-0.4, -0.2) is 14.5 Å². The average molecular weight is 300 g/mol. The number of oxazole rings is 1. The second-order valence-corrected chi connectivity index (χ2v) is 4.08. The van der Waals surface area contributed by atoms with E-state index < -0.39 is 16.2 Å². The maximum Gasteiger partial charge on any atom is 0.335 e. The largest absolute Gasteiger partial charge is 0.447 e. The van der Waals surface area contributed by atoms with Crippen LogP contribution in [0.1, 0.15) is 5.89 Å². The molecule has 0 N–H and O–H groups in total. The maximum absolute atomic E-state index is 11.7. The minimum absolute atomic E-state index is 0.0477. The monoisotopic (exact) mass is 299 g/mol. The summed E-state index contributed by atoms with van der Waals surface area (Å²) < 4.78 is 6.58. The molecule has 2 aromatic heterocycles. The van der Waals surface area contributed by atoms with Gasteiger partial charge in [-0.3, -0.25) is 19.5 Å². The Bertz CT molecular complexity index is 605. The highest BCUT2D eigenvalue weighted by molar-refractivity contribution is 9.10. The van der Waals surface area contributed by atoms with Crippen LogP contribution in [0, 0.1) is 10.1 Å². The van der Waals surface area contributed by atoms with E-state index in [1.54, 1.807) is 0 Å². The molecule has 7 nitrogen and oxygen atoms in total. The van der Waals surface area contributed by atoms with E-state index in [0.29, 0.717) is 10.4 Å². The molecule has 2 rings (SSSR count). The molecule has 0 aromatic carbocycles. The van der Waals surface area contributed by atoms with E-state index in [1.165, 1.54) is 18.7 Å². The number of rotatable bonds is 3. The zero-order chi connectivity index (χ0) is 12.4. The standard InChI is InChI=1S/C9H6BrN3O4/c10-6-3-7(13(15)16)9(14)12(4-6)5-8-11-1-2-17-8/h1-4H,5H2. The number of pyridine rings is 1. The van der Waals surface area contributed by atoms with Crippen LogP contribution in [0.25, 0.3) is 0 Å². The van der Waals surface area contributed by atoms with Gasteiger partial charge < -0.3 is 4.42 Å². The van der Waals surface area contributed by atoms with Crippen molar-refractivity contribution >= 4 is 21.6 Å². The first-order valence-electron chi connectivity index (χ1n) is 4.50. The number of halogens is 1. The molecule has 0 unspecified atom stereocenters. The normalized spacial score (nSPS) is 10.4. The molecule has 0 amide bonds. The second-order valence-electron chi connectivity index (χ2n) is 3.16. The third kappa shape index (κ3) is 2.41. The van der Waals surface area contributed by atoms with Crippen molar-refractivity contribution in [2.45, 2.75) is 6.54 Å². The minimum Gasteiger partial charge on any atom is -0.447 e. The predicted octanol–water partition coefficient (Wildman–Crippen LogP) is 1.56. The van der Waals surface area contributed by atoms with Gasteiger partial charge in [-0.2, -0.15) is 0 Å². The smallest absolute Gasteiger partial charge is 0.335 e. The average Bonchev–Trinajstić information content (AvgIpc) is 2.75. The van der Waals surface area contributed by atoms with E-state index in [-0.39, 0.29) is 6.54 Å². The van der Waals surface area contributed by atoms with Gasteiger partial charge in [0, 0.05) is 16.7 Å². The zero-order valence-corrected chi connectivity index (χ0v) is 9.96. The zero-order valence-electron chi connectivity index (χ0n) is 8.37. The van der Waals surface area contributed by atoms with Crippen molar-refractivity contribution in [1.82, 2.24) is 9.55 Å². The molecule has 0 bridgehead atoms. The van der Waals surface area contributed by atoms with E-state index in [0.717, 1.165) is 10.6 Å². The van der Waals surface area contributed by atoms with Crippen molar-refractivity contribution in [3.63, 3.8) is 0 Å². The number of hydrogen-bond acceptors (Lipinski definition) is 5. The molecule has 0 spiro atoms. The van der Waals surface area contributed by atoms with E-state index in [4.69, 9.17) is 4.42 Å². The summed E-state index contributed by atoms with van der Waals surface area (Å²) in [7, 11) is 0. The summed E-state index contributed by atoms with van der Waals surface area (Å²) in [6.45, 7) is 0.0477. The van der Waals surface area contributed by atoms with Crippen molar-refractivity contribution in [2.24, 2.45) is 0 Å². The van der Waals surface area contributed by atoms with Crippen LogP contribution < -0.4 is 5.56 Å².